The first kappa shape index (κ1) is 24.3. The molecule has 6 rings (SSSR count). The number of piperazine rings is 1. The zero-order chi connectivity index (χ0) is 26.3. The fourth-order valence-electron chi connectivity index (χ4n) is 5.42. The van der Waals surface area contributed by atoms with E-state index in [1.54, 1.807) is 28.6 Å². The first-order valence-corrected chi connectivity index (χ1v) is 13.1. The van der Waals surface area contributed by atoms with E-state index >= 15 is 0 Å². The molecule has 10 nitrogen and oxygen atoms in total. The van der Waals surface area contributed by atoms with E-state index < -0.39 is 5.60 Å². The minimum atomic E-state index is -1.02. The van der Waals surface area contributed by atoms with E-state index in [-0.39, 0.29) is 12.1 Å². The normalized spacial score (nSPS) is 19.4. The van der Waals surface area contributed by atoms with Gasteiger partial charge in [-0.1, -0.05) is 12.1 Å². The van der Waals surface area contributed by atoms with Crippen LogP contribution in [0.4, 0.5) is 17.3 Å². The molecule has 196 valence electrons. The lowest BCUT2D eigenvalue weighted by molar-refractivity contribution is 0.0339. The monoisotopic (exact) mass is 512 g/mol. The average molecular weight is 513 g/mol. The molecule has 1 atom stereocenters. The lowest BCUT2D eigenvalue weighted by Gasteiger charge is -2.30. The summed E-state index contributed by atoms with van der Waals surface area (Å²) in [6, 6.07) is 12.1. The van der Waals surface area contributed by atoms with Crippen molar-refractivity contribution < 1.29 is 5.11 Å². The maximum absolute atomic E-state index is 13.3. The van der Waals surface area contributed by atoms with Crippen LogP contribution in [0.15, 0.2) is 60.0 Å². The maximum atomic E-state index is 13.3. The van der Waals surface area contributed by atoms with Crippen LogP contribution in [0.1, 0.15) is 31.0 Å². The van der Waals surface area contributed by atoms with Crippen molar-refractivity contribution in [2.45, 2.75) is 38.3 Å². The lowest BCUT2D eigenvalue weighted by atomic mass is 9.84. The van der Waals surface area contributed by atoms with Gasteiger partial charge < -0.3 is 20.6 Å². The van der Waals surface area contributed by atoms with Crippen LogP contribution in [0.5, 0.6) is 0 Å². The van der Waals surface area contributed by atoms with E-state index in [2.05, 4.69) is 39.2 Å². The number of fused-ring (bicyclic) bond motifs is 2. The van der Waals surface area contributed by atoms with Gasteiger partial charge in [-0.05, 0) is 62.1 Å². The highest BCUT2D eigenvalue weighted by atomic mass is 16.3. The Morgan fingerprint density at radius 3 is 2.71 bits per heavy atom. The molecular weight excluding hydrogens is 480 g/mol. The zero-order valence-electron chi connectivity index (χ0n) is 21.5. The van der Waals surface area contributed by atoms with Crippen molar-refractivity contribution in [3.63, 3.8) is 0 Å². The summed E-state index contributed by atoms with van der Waals surface area (Å²) in [7, 11) is 0. The van der Waals surface area contributed by atoms with E-state index in [1.165, 1.54) is 5.69 Å². The number of rotatable bonds is 6. The number of hydrogen-bond acceptors (Lipinski definition) is 8. The van der Waals surface area contributed by atoms with Gasteiger partial charge in [0.1, 0.15) is 11.0 Å². The standard InChI is InChI=1S/C28H32N8O2/c1-3-15-35-26(37)22-18-30-27(31-20-7-9-21(10-8-20)34-16-13-29-14-17-34)33-25(22)36(35)23-11-6-19-5-4-12-28(2,38)24(19)32-23/h3,6-11,18,29,38H,1,4-5,12-17H2,2H3,(H,30,31,33)/t28-/m0/s1. The Balaban J connectivity index is 1.39. The summed E-state index contributed by atoms with van der Waals surface area (Å²) in [5.74, 6) is 0.895. The summed E-state index contributed by atoms with van der Waals surface area (Å²) in [5, 5.41) is 18.0. The lowest BCUT2D eigenvalue weighted by Crippen LogP contribution is -2.43. The maximum Gasteiger partial charge on any atom is 0.278 e. The van der Waals surface area contributed by atoms with E-state index in [1.807, 2.05) is 24.3 Å². The van der Waals surface area contributed by atoms with Crippen LogP contribution in [-0.4, -0.2) is 55.6 Å². The zero-order valence-corrected chi connectivity index (χ0v) is 21.5. The molecule has 4 heterocycles. The van der Waals surface area contributed by atoms with Gasteiger partial charge in [-0.3, -0.25) is 4.79 Å². The third-order valence-electron chi connectivity index (χ3n) is 7.38. The van der Waals surface area contributed by atoms with E-state index in [9.17, 15) is 9.90 Å². The van der Waals surface area contributed by atoms with E-state index in [4.69, 9.17) is 9.97 Å². The number of nitrogens with one attached hydrogen (secondary N) is 2. The Kier molecular flexibility index (Phi) is 6.21. The number of hydrogen-bond donors (Lipinski definition) is 3. The minimum Gasteiger partial charge on any atom is -0.384 e. The second-order valence-corrected chi connectivity index (χ2v) is 10.1. The van der Waals surface area contributed by atoms with Gasteiger partial charge in [0, 0.05) is 43.8 Å². The van der Waals surface area contributed by atoms with Gasteiger partial charge >= 0.3 is 0 Å². The molecular formula is C28H32N8O2. The van der Waals surface area contributed by atoms with Gasteiger partial charge in [0.25, 0.3) is 5.56 Å². The Labute approximate surface area is 220 Å². The highest BCUT2D eigenvalue weighted by Gasteiger charge is 2.32. The minimum absolute atomic E-state index is 0.224. The van der Waals surface area contributed by atoms with Crippen molar-refractivity contribution in [2.75, 3.05) is 36.4 Å². The molecule has 0 saturated carbocycles. The molecule has 10 heteroatoms. The summed E-state index contributed by atoms with van der Waals surface area (Å²) in [6.07, 6.45) is 5.64. The molecule has 1 aliphatic carbocycles. The van der Waals surface area contributed by atoms with Crippen molar-refractivity contribution >= 4 is 28.4 Å². The van der Waals surface area contributed by atoms with Crippen LogP contribution in [-0.2, 0) is 18.6 Å². The number of anilines is 3. The van der Waals surface area contributed by atoms with Crippen LogP contribution < -0.4 is 21.1 Å². The van der Waals surface area contributed by atoms with Crippen LogP contribution in [0.3, 0.4) is 0 Å². The van der Waals surface area contributed by atoms with Crippen LogP contribution in [0.25, 0.3) is 16.9 Å². The molecule has 1 fully saturated rings. The topological polar surface area (TPSA) is 113 Å². The predicted octanol–water partition coefficient (Wildman–Crippen LogP) is 2.86. The Morgan fingerprint density at radius 2 is 1.95 bits per heavy atom. The number of nitrogens with zero attached hydrogens (tertiary/aromatic N) is 6. The van der Waals surface area contributed by atoms with Gasteiger partial charge in [0.05, 0.1) is 12.2 Å². The smallest absolute Gasteiger partial charge is 0.278 e. The summed E-state index contributed by atoms with van der Waals surface area (Å²) in [4.78, 5) is 29.6. The Bertz CT molecular complexity index is 1550. The molecule has 1 saturated heterocycles. The molecule has 0 unspecified atom stereocenters. The average Bonchev–Trinajstić information content (AvgIpc) is 3.20. The Hall–Kier alpha value is -4.02. The first-order valence-electron chi connectivity index (χ1n) is 13.1. The molecule has 0 spiro atoms. The van der Waals surface area contributed by atoms with Gasteiger partial charge in [-0.2, -0.15) is 4.98 Å². The molecule has 3 N–H and O–H groups in total. The molecule has 3 aromatic heterocycles. The van der Waals surface area contributed by atoms with Crippen LogP contribution >= 0.6 is 0 Å². The van der Waals surface area contributed by atoms with Crippen molar-refractivity contribution in [3.8, 4) is 5.82 Å². The van der Waals surface area contributed by atoms with Crippen molar-refractivity contribution in [2.24, 2.45) is 0 Å². The van der Waals surface area contributed by atoms with E-state index in [0.29, 0.717) is 34.9 Å². The quantitative estimate of drug-likeness (QED) is 0.338. The molecule has 0 amide bonds. The second-order valence-electron chi connectivity index (χ2n) is 10.1. The van der Waals surface area contributed by atoms with Crippen molar-refractivity contribution in [1.29, 1.82) is 0 Å². The number of aliphatic hydroxyl groups is 1. The second kappa shape index (κ2) is 9.70. The van der Waals surface area contributed by atoms with Crippen LogP contribution in [0, 0.1) is 0 Å². The molecule has 2 aliphatic rings. The number of benzene rings is 1. The van der Waals surface area contributed by atoms with Gasteiger partial charge in [0.15, 0.2) is 11.5 Å². The number of allylic oxidation sites excluding steroid dienone is 1. The highest BCUT2D eigenvalue weighted by molar-refractivity contribution is 5.77. The molecule has 0 radical (unpaired) electrons. The number of pyridine rings is 1. The number of aryl methyl sites for hydroxylation is 1. The molecule has 0 bridgehead atoms. The third kappa shape index (κ3) is 4.35. The first-order chi connectivity index (χ1) is 18.4. The molecule has 1 aliphatic heterocycles. The predicted molar refractivity (Wildman–Crippen MR) is 148 cm³/mol. The van der Waals surface area contributed by atoms with Gasteiger partial charge in [-0.15, -0.1) is 6.58 Å². The van der Waals surface area contributed by atoms with Gasteiger partial charge in [-0.25, -0.2) is 19.3 Å². The summed E-state index contributed by atoms with van der Waals surface area (Å²) >= 11 is 0. The van der Waals surface area contributed by atoms with Crippen molar-refractivity contribution in [3.05, 3.63) is 76.9 Å². The summed E-state index contributed by atoms with van der Waals surface area (Å²) < 4.78 is 3.25. The van der Waals surface area contributed by atoms with Gasteiger partial charge in [0.2, 0.25) is 5.95 Å². The fraction of sp³-hybridized carbons (Fsp3) is 0.357. The molecule has 1 aromatic carbocycles. The SMILES string of the molecule is C=CCn1c(=O)c2cnc(Nc3ccc(N4CCNCC4)cc3)nc2n1-c1ccc2c(n1)[C@@](C)(O)CCC2. The molecule has 4 aromatic rings. The Morgan fingerprint density at radius 1 is 1.16 bits per heavy atom. The molecule has 38 heavy (non-hydrogen) atoms. The summed E-state index contributed by atoms with van der Waals surface area (Å²) in [6.45, 7) is 9.83. The summed E-state index contributed by atoms with van der Waals surface area (Å²) in [5.41, 5.74) is 2.91. The third-order valence-corrected chi connectivity index (χ3v) is 7.38. The highest BCUT2D eigenvalue weighted by Crippen LogP contribution is 2.34. The van der Waals surface area contributed by atoms with Crippen LogP contribution in [0.2, 0.25) is 0 Å². The fourth-order valence-corrected chi connectivity index (χ4v) is 5.42. The number of aromatic nitrogens is 5. The largest absolute Gasteiger partial charge is 0.384 e. The van der Waals surface area contributed by atoms with E-state index in [0.717, 1.165) is 50.3 Å². The van der Waals surface area contributed by atoms with Crippen molar-refractivity contribution in [1.82, 2.24) is 29.6 Å².